The molecule has 2 nitrogen and oxygen atoms in total. The zero-order chi connectivity index (χ0) is 10.8. The summed E-state index contributed by atoms with van der Waals surface area (Å²) >= 11 is 3.46. The summed E-state index contributed by atoms with van der Waals surface area (Å²) in [6.45, 7) is 2.11. The van der Waals surface area contributed by atoms with E-state index in [1.165, 1.54) is 19.1 Å². The molecule has 15 heavy (non-hydrogen) atoms. The number of benzene rings is 1. The Labute approximate surface area is 99.0 Å². The summed E-state index contributed by atoms with van der Waals surface area (Å²) in [5.41, 5.74) is 2.10. The molecule has 1 aliphatic heterocycles. The number of halogens is 1. The van der Waals surface area contributed by atoms with Crippen molar-refractivity contribution < 1.29 is 4.79 Å². The van der Waals surface area contributed by atoms with Gasteiger partial charge in [-0.3, -0.25) is 4.79 Å². The molecule has 1 aliphatic rings. The van der Waals surface area contributed by atoms with Crippen LogP contribution in [0.1, 0.15) is 18.4 Å². The van der Waals surface area contributed by atoms with E-state index in [0.717, 1.165) is 16.6 Å². The summed E-state index contributed by atoms with van der Waals surface area (Å²) in [5, 5.41) is 4.25. The smallest absolute Gasteiger partial charge is 0.224 e. The molecule has 1 N–H and O–H groups in total. The fourth-order valence-corrected chi connectivity index (χ4v) is 2.80. The Hall–Kier alpha value is -0.660. The van der Waals surface area contributed by atoms with Crippen LogP contribution in [0.15, 0.2) is 22.7 Å². The van der Waals surface area contributed by atoms with Gasteiger partial charge in [-0.2, -0.15) is 0 Å². The summed E-state index contributed by atoms with van der Waals surface area (Å²) in [6.07, 6.45) is 1.44. The van der Waals surface area contributed by atoms with Gasteiger partial charge in [-0.25, -0.2) is 0 Å². The van der Waals surface area contributed by atoms with Crippen LogP contribution in [0.2, 0.25) is 0 Å². The van der Waals surface area contributed by atoms with Crippen LogP contribution < -0.4 is 5.32 Å². The van der Waals surface area contributed by atoms with E-state index in [1.54, 1.807) is 0 Å². The quantitative estimate of drug-likeness (QED) is 0.728. The van der Waals surface area contributed by atoms with Crippen LogP contribution in [0, 0.1) is 0 Å². The second kappa shape index (κ2) is 4.46. The Kier molecular flexibility index (Phi) is 3.22. The number of fused-ring (bicyclic) bond motifs is 1. The summed E-state index contributed by atoms with van der Waals surface area (Å²) in [7, 11) is 1.24. The molecule has 0 saturated heterocycles. The number of anilines is 1. The van der Waals surface area contributed by atoms with Crippen LogP contribution in [0.4, 0.5) is 5.69 Å². The molecule has 1 amide bonds. The van der Waals surface area contributed by atoms with Crippen molar-refractivity contribution >= 4 is 41.0 Å². The van der Waals surface area contributed by atoms with Crippen LogP contribution in [-0.2, 0) is 4.79 Å². The largest absolute Gasteiger partial charge is 0.326 e. The molecule has 1 aromatic rings. The number of carbonyl (C=O) groups is 1. The standard InChI is InChI=1S/C11H11BrNOP/c1-15-10-4-5-11(14)13-9-3-2-7(12)6-8(9)10/h2-3,6H,4-5H2,1H3,(H,13,14). The van der Waals surface area contributed by atoms with Crippen LogP contribution in [0.25, 0.3) is 0 Å². The average Bonchev–Trinajstić information content (AvgIpc) is 2.37. The van der Waals surface area contributed by atoms with Gasteiger partial charge in [0, 0.05) is 22.1 Å². The van der Waals surface area contributed by atoms with Gasteiger partial charge in [0.2, 0.25) is 5.91 Å². The van der Waals surface area contributed by atoms with E-state index in [-0.39, 0.29) is 5.91 Å². The minimum atomic E-state index is 0.109. The van der Waals surface area contributed by atoms with Crippen LogP contribution in [0.5, 0.6) is 0 Å². The number of hydrogen-bond acceptors (Lipinski definition) is 1. The maximum absolute atomic E-state index is 11.5. The monoisotopic (exact) mass is 283 g/mol. The zero-order valence-electron chi connectivity index (χ0n) is 8.38. The van der Waals surface area contributed by atoms with Gasteiger partial charge in [-0.1, -0.05) is 15.9 Å². The molecule has 0 atom stereocenters. The van der Waals surface area contributed by atoms with Gasteiger partial charge in [0.15, 0.2) is 0 Å². The lowest BCUT2D eigenvalue weighted by Crippen LogP contribution is -2.08. The Morgan fingerprint density at radius 3 is 2.93 bits per heavy atom. The van der Waals surface area contributed by atoms with E-state index in [2.05, 4.69) is 34.0 Å². The van der Waals surface area contributed by atoms with E-state index >= 15 is 0 Å². The molecule has 0 spiro atoms. The minimum absolute atomic E-state index is 0.109. The van der Waals surface area contributed by atoms with Gasteiger partial charge < -0.3 is 5.32 Å². The molecular weight excluding hydrogens is 273 g/mol. The molecule has 0 bridgehead atoms. The first-order chi connectivity index (χ1) is 7.20. The normalized spacial score (nSPS) is 18.3. The lowest BCUT2D eigenvalue weighted by Gasteiger charge is -2.08. The average molecular weight is 284 g/mol. The Balaban J connectivity index is 2.55. The van der Waals surface area contributed by atoms with E-state index in [0.29, 0.717) is 6.42 Å². The van der Waals surface area contributed by atoms with Crippen molar-refractivity contribution in [1.29, 1.82) is 0 Å². The van der Waals surface area contributed by atoms with Crippen molar-refractivity contribution in [3.05, 3.63) is 28.2 Å². The van der Waals surface area contributed by atoms with Crippen molar-refractivity contribution in [3.63, 3.8) is 0 Å². The summed E-state index contributed by atoms with van der Waals surface area (Å²) in [5.74, 6) is 0.109. The second-order valence-electron chi connectivity index (χ2n) is 3.41. The zero-order valence-corrected chi connectivity index (χ0v) is 10.9. The highest BCUT2D eigenvalue weighted by atomic mass is 79.9. The predicted molar refractivity (Wildman–Crippen MR) is 69.0 cm³/mol. The highest BCUT2D eigenvalue weighted by Crippen LogP contribution is 2.27. The van der Waals surface area contributed by atoms with E-state index in [9.17, 15) is 4.79 Å². The molecule has 2 rings (SSSR count). The van der Waals surface area contributed by atoms with Crippen molar-refractivity contribution in [2.45, 2.75) is 12.8 Å². The lowest BCUT2D eigenvalue weighted by atomic mass is 10.1. The van der Waals surface area contributed by atoms with E-state index < -0.39 is 0 Å². The van der Waals surface area contributed by atoms with Crippen molar-refractivity contribution in [1.82, 2.24) is 0 Å². The molecule has 4 heteroatoms. The third-order valence-electron chi connectivity index (χ3n) is 2.43. The molecule has 0 aliphatic carbocycles. The highest BCUT2D eigenvalue weighted by Gasteiger charge is 2.16. The Morgan fingerprint density at radius 1 is 1.40 bits per heavy atom. The number of hydrogen-bond donors (Lipinski definition) is 1. The second-order valence-corrected chi connectivity index (χ2v) is 5.31. The summed E-state index contributed by atoms with van der Waals surface area (Å²) in [6, 6.07) is 5.98. The molecule has 1 aromatic carbocycles. The maximum atomic E-state index is 11.5. The number of amides is 1. The molecule has 0 saturated carbocycles. The molecule has 78 valence electrons. The van der Waals surface area contributed by atoms with Gasteiger partial charge in [-0.15, -0.1) is 8.20 Å². The third kappa shape index (κ3) is 2.30. The van der Waals surface area contributed by atoms with Gasteiger partial charge in [0.1, 0.15) is 0 Å². The molecule has 0 aromatic heterocycles. The minimum Gasteiger partial charge on any atom is -0.326 e. The Bertz CT molecular complexity index is 442. The van der Waals surface area contributed by atoms with Crippen molar-refractivity contribution in [2.75, 3.05) is 12.0 Å². The van der Waals surface area contributed by atoms with Crippen molar-refractivity contribution in [3.8, 4) is 0 Å². The summed E-state index contributed by atoms with van der Waals surface area (Å²) < 4.78 is 1.05. The number of carbonyl (C=O) groups excluding carboxylic acids is 1. The van der Waals surface area contributed by atoms with Gasteiger partial charge in [0.05, 0.1) is 0 Å². The van der Waals surface area contributed by atoms with Crippen molar-refractivity contribution in [2.24, 2.45) is 0 Å². The van der Waals surface area contributed by atoms with Crippen LogP contribution >= 0.6 is 24.1 Å². The molecule has 0 radical (unpaired) electrons. The molecule has 0 fully saturated rings. The molecular formula is C11H11BrNOP. The van der Waals surface area contributed by atoms with E-state index in [4.69, 9.17) is 0 Å². The number of nitrogens with one attached hydrogen (secondary N) is 1. The lowest BCUT2D eigenvalue weighted by molar-refractivity contribution is -0.116. The van der Waals surface area contributed by atoms with Gasteiger partial charge >= 0.3 is 0 Å². The van der Waals surface area contributed by atoms with E-state index in [1.807, 2.05) is 12.1 Å². The first kappa shape index (κ1) is 10.8. The molecule has 1 heterocycles. The van der Waals surface area contributed by atoms with Crippen LogP contribution in [0.3, 0.4) is 0 Å². The van der Waals surface area contributed by atoms with Gasteiger partial charge in [-0.05, 0) is 36.6 Å². The van der Waals surface area contributed by atoms with Gasteiger partial charge in [0.25, 0.3) is 0 Å². The topological polar surface area (TPSA) is 29.1 Å². The highest BCUT2D eigenvalue weighted by molar-refractivity contribution is 9.10. The fourth-order valence-electron chi connectivity index (χ4n) is 1.68. The first-order valence-electron chi connectivity index (χ1n) is 4.76. The fraction of sp³-hybridized carbons (Fsp3) is 0.273. The third-order valence-corrected chi connectivity index (χ3v) is 3.92. The number of rotatable bonds is 0. The first-order valence-corrected chi connectivity index (χ1v) is 6.89. The maximum Gasteiger partial charge on any atom is 0.224 e. The molecule has 0 unspecified atom stereocenters. The van der Waals surface area contributed by atoms with Crippen LogP contribution in [-0.4, -0.2) is 17.9 Å². The Morgan fingerprint density at radius 2 is 2.20 bits per heavy atom. The SMILES string of the molecule is CP=C1CCC(=O)Nc2ccc(Br)cc21. The predicted octanol–water partition coefficient (Wildman–Crippen LogP) is 3.28. The summed E-state index contributed by atoms with van der Waals surface area (Å²) in [4.78, 5) is 11.5.